The summed E-state index contributed by atoms with van der Waals surface area (Å²) < 4.78 is 6.11. The summed E-state index contributed by atoms with van der Waals surface area (Å²) in [5.74, 6) is 0.634. The zero-order chi connectivity index (χ0) is 18.5. The van der Waals surface area contributed by atoms with E-state index in [0.717, 1.165) is 39.8 Å². The molecular formula is C23H25NO2. The molecule has 0 aliphatic heterocycles. The first-order valence-corrected chi connectivity index (χ1v) is 9.17. The summed E-state index contributed by atoms with van der Waals surface area (Å²) in [6.07, 6.45) is 0.936. The van der Waals surface area contributed by atoms with E-state index in [-0.39, 0.29) is 5.91 Å². The predicted molar refractivity (Wildman–Crippen MR) is 108 cm³/mol. The van der Waals surface area contributed by atoms with Crippen molar-refractivity contribution >= 4 is 22.4 Å². The van der Waals surface area contributed by atoms with Crippen LogP contribution in [0.1, 0.15) is 31.4 Å². The van der Waals surface area contributed by atoms with Gasteiger partial charge in [0.2, 0.25) is 0 Å². The molecule has 3 heteroatoms. The van der Waals surface area contributed by atoms with E-state index in [1.807, 2.05) is 68.4 Å². The summed E-state index contributed by atoms with van der Waals surface area (Å²) in [5.41, 5.74) is 3.11. The summed E-state index contributed by atoms with van der Waals surface area (Å²) in [6.45, 7) is 6.07. The third-order valence-corrected chi connectivity index (χ3v) is 4.67. The molecule has 0 heterocycles. The summed E-state index contributed by atoms with van der Waals surface area (Å²) >= 11 is 0. The highest BCUT2D eigenvalue weighted by atomic mass is 16.5. The Morgan fingerprint density at radius 1 is 1.00 bits per heavy atom. The molecule has 0 saturated carbocycles. The van der Waals surface area contributed by atoms with Crippen LogP contribution in [-0.4, -0.2) is 12.0 Å². The van der Waals surface area contributed by atoms with Gasteiger partial charge < -0.3 is 10.1 Å². The maximum Gasteiger partial charge on any atom is 0.265 e. The van der Waals surface area contributed by atoms with Gasteiger partial charge in [-0.3, -0.25) is 4.79 Å². The van der Waals surface area contributed by atoms with Crippen molar-refractivity contribution < 1.29 is 9.53 Å². The fourth-order valence-corrected chi connectivity index (χ4v) is 3.18. The Bertz CT molecular complexity index is 912. The Hall–Kier alpha value is -2.81. The summed E-state index contributed by atoms with van der Waals surface area (Å²) in [5, 5.41) is 5.21. The second-order valence-electron chi connectivity index (χ2n) is 6.44. The van der Waals surface area contributed by atoms with Gasteiger partial charge in [0.05, 0.1) is 0 Å². The third kappa shape index (κ3) is 3.72. The lowest BCUT2D eigenvalue weighted by Gasteiger charge is -2.20. The summed E-state index contributed by atoms with van der Waals surface area (Å²) in [4.78, 5) is 12.9. The van der Waals surface area contributed by atoms with Crippen molar-refractivity contribution in [2.45, 2.75) is 39.7 Å². The first-order chi connectivity index (χ1) is 12.6. The molecule has 0 aromatic heterocycles. The number of carbonyl (C=O) groups is 1. The van der Waals surface area contributed by atoms with Crippen LogP contribution in [0.5, 0.6) is 5.75 Å². The number of hydrogen-bond donors (Lipinski definition) is 1. The van der Waals surface area contributed by atoms with Crippen molar-refractivity contribution in [1.29, 1.82) is 0 Å². The normalized spacial score (nSPS) is 12.0. The first kappa shape index (κ1) is 18.0. The summed E-state index contributed by atoms with van der Waals surface area (Å²) in [7, 11) is 0. The number of anilines is 1. The molecule has 0 aliphatic carbocycles. The van der Waals surface area contributed by atoms with Gasteiger partial charge in [0.15, 0.2) is 6.10 Å². The zero-order valence-corrected chi connectivity index (χ0v) is 15.6. The van der Waals surface area contributed by atoms with Gasteiger partial charge in [-0.15, -0.1) is 0 Å². The van der Waals surface area contributed by atoms with Gasteiger partial charge in [0, 0.05) is 11.1 Å². The molecule has 3 nitrogen and oxygen atoms in total. The van der Waals surface area contributed by atoms with E-state index in [0.29, 0.717) is 6.42 Å². The van der Waals surface area contributed by atoms with Gasteiger partial charge in [-0.25, -0.2) is 0 Å². The second kappa shape index (κ2) is 8.05. The van der Waals surface area contributed by atoms with Crippen molar-refractivity contribution in [3.63, 3.8) is 0 Å². The minimum absolute atomic E-state index is 0.107. The van der Waals surface area contributed by atoms with E-state index in [9.17, 15) is 4.79 Å². The van der Waals surface area contributed by atoms with Crippen LogP contribution in [0.4, 0.5) is 5.69 Å². The number of carbonyl (C=O) groups excluding carboxylic acids is 1. The topological polar surface area (TPSA) is 38.3 Å². The van der Waals surface area contributed by atoms with Gasteiger partial charge in [-0.05, 0) is 42.3 Å². The Labute approximate surface area is 155 Å². The van der Waals surface area contributed by atoms with Crippen LogP contribution in [0.2, 0.25) is 0 Å². The number of hydrogen-bond acceptors (Lipinski definition) is 2. The van der Waals surface area contributed by atoms with Crippen molar-refractivity contribution in [2.24, 2.45) is 0 Å². The minimum Gasteiger partial charge on any atom is -0.480 e. The van der Waals surface area contributed by atoms with Crippen LogP contribution in [0.25, 0.3) is 10.8 Å². The van der Waals surface area contributed by atoms with E-state index in [1.54, 1.807) is 0 Å². The lowest BCUT2D eigenvalue weighted by atomic mass is 10.1. The molecule has 1 N–H and O–H groups in total. The highest BCUT2D eigenvalue weighted by Crippen LogP contribution is 2.27. The number of nitrogens with one attached hydrogen (secondary N) is 1. The summed E-state index contributed by atoms with van der Waals surface area (Å²) in [6, 6.07) is 20.1. The molecule has 0 spiro atoms. The third-order valence-electron chi connectivity index (χ3n) is 4.67. The number of fused-ring (bicyclic) bond motifs is 1. The first-order valence-electron chi connectivity index (χ1n) is 9.17. The van der Waals surface area contributed by atoms with Crippen molar-refractivity contribution in [3.05, 3.63) is 71.8 Å². The monoisotopic (exact) mass is 347 g/mol. The largest absolute Gasteiger partial charge is 0.480 e. The number of para-hydroxylation sites is 1. The lowest BCUT2D eigenvalue weighted by Crippen LogP contribution is -2.33. The van der Waals surface area contributed by atoms with Crippen LogP contribution in [-0.2, 0) is 11.2 Å². The molecule has 0 saturated heterocycles. The maximum absolute atomic E-state index is 12.9. The van der Waals surface area contributed by atoms with Gasteiger partial charge in [0.1, 0.15) is 5.75 Å². The smallest absolute Gasteiger partial charge is 0.265 e. The van der Waals surface area contributed by atoms with E-state index < -0.39 is 6.10 Å². The minimum atomic E-state index is -0.537. The van der Waals surface area contributed by atoms with Crippen LogP contribution in [0, 0.1) is 6.92 Å². The fraction of sp³-hybridized carbons (Fsp3) is 0.261. The van der Waals surface area contributed by atoms with Gasteiger partial charge in [-0.2, -0.15) is 0 Å². The molecule has 0 fully saturated rings. The molecule has 26 heavy (non-hydrogen) atoms. The predicted octanol–water partition coefficient (Wildman–Crippen LogP) is 5.51. The number of benzene rings is 3. The molecule has 3 rings (SSSR count). The van der Waals surface area contributed by atoms with Crippen LogP contribution < -0.4 is 10.1 Å². The average molecular weight is 347 g/mol. The highest BCUT2D eigenvalue weighted by molar-refractivity contribution is 5.96. The molecule has 3 aromatic rings. The van der Waals surface area contributed by atoms with Crippen LogP contribution in [0.15, 0.2) is 60.7 Å². The number of aryl methyl sites for hydroxylation is 2. The Balaban J connectivity index is 1.84. The van der Waals surface area contributed by atoms with Gasteiger partial charge >= 0.3 is 0 Å². The fourth-order valence-electron chi connectivity index (χ4n) is 3.18. The van der Waals surface area contributed by atoms with E-state index in [1.165, 1.54) is 0 Å². The SMILES string of the molecule is CCc1cccc(C)c1NC(=O)[C@@H](CC)Oc1cccc2ccccc12. The number of ether oxygens (including phenoxy) is 1. The standard InChI is InChI=1S/C23H25NO2/c1-4-17-12-8-10-16(3)22(17)24-23(25)20(5-2)26-21-15-9-13-18-11-6-7-14-19(18)21/h6-15,20H,4-5H2,1-3H3,(H,24,25)/t20-/m1/s1. The van der Waals surface area contributed by atoms with E-state index in [2.05, 4.69) is 18.3 Å². The molecule has 1 atom stereocenters. The molecule has 3 aromatic carbocycles. The Morgan fingerprint density at radius 2 is 1.73 bits per heavy atom. The number of rotatable bonds is 6. The van der Waals surface area contributed by atoms with E-state index >= 15 is 0 Å². The van der Waals surface area contributed by atoms with Crippen LogP contribution in [0.3, 0.4) is 0 Å². The molecule has 0 bridgehead atoms. The Kier molecular flexibility index (Phi) is 5.57. The molecule has 0 unspecified atom stereocenters. The average Bonchev–Trinajstić information content (AvgIpc) is 2.67. The van der Waals surface area contributed by atoms with Crippen molar-refractivity contribution in [1.82, 2.24) is 0 Å². The highest BCUT2D eigenvalue weighted by Gasteiger charge is 2.21. The molecular weight excluding hydrogens is 322 g/mol. The van der Waals surface area contributed by atoms with Crippen molar-refractivity contribution in [3.8, 4) is 5.75 Å². The van der Waals surface area contributed by atoms with E-state index in [4.69, 9.17) is 4.74 Å². The molecule has 0 radical (unpaired) electrons. The van der Waals surface area contributed by atoms with Crippen molar-refractivity contribution in [2.75, 3.05) is 5.32 Å². The molecule has 1 amide bonds. The second-order valence-corrected chi connectivity index (χ2v) is 6.44. The number of amides is 1. The molecule has 0 aliphatic rings. The van der Waals surface area contributed by atoms with Crippen LogP contribution >= 0.6 is 0 Å². The van der Waals surface area contributed by atoms with Gasteiger partial charge in [-0.1, -0.05) is 68.4 Å². The molecule has 134 valence electrons. The zero-order valence-electron chi connectivity index (χ0n) is 15.6. The van der Waals surface area contributed by atoms with Gasteiger partial charge in [0.25, 0.3) is 5.91 Å². The quantitative estimate of drug-likeness (QED) is 0.639. The Morgan fingerprint density at radius 3 is 2.50 bits per heavy atom. The lowest BCUT2D eigenvalue weighted by molar-refractivity contribution is -0.122. The maximum atomic E-state index is 12.9.